The molecule has 3 nitrogen and oxygen atoms in total. The molecule has 0 unspecified atom stereocenters. The molecule has 0 aromatic heterocycles. The average Bonchev–Trinajstić information content (AvgIpc) is 2.77. The Morgan fingerprint density at radius 1 is 0.759 bits per heavy atom. The fourth-order valence-corrected chi connectivity index (χ4v) is 3.77. The van der Waals surface area contributed by atoms with Gasteiger partial charge in [0.25, 0.3) is 0 Å². The monoisotopic (exact) mass is 384 g/mol. The van der Waals surface area contributed by atoms with E-state index in [-0.39, 0.29) is 5.97 Å². The van der Waals surface area contributed by atoms with Crippen molar-refractivity contribution in [2.75, 3.05) is 7.11 Å². The molecule has 3 heteroatoms. The standard InChI is InChI=1S/C26H24O3/c1-3-4-13-24(27)29-23-17-15-19-10-6-8-12-21(19)26(23)25-20-11-7-5-9-18(20)14-16-22(25)28-2/h5-12,14-17H,3-4,13H2,1-2H3. The lowest BCUT2D eigenvalue weighted by Gasteiger charge is -2.18. The lowest BCUT2D eigenvalue weighted by atomic mass is 9.92. The van der Waals surface area contributed by atoms with Gasteiger partial charge in [-0.05, 0) is 40.1 Å². The quantitative estimate of drug-likeness (QED) is 0.272. The van der Waals surface area contributed by atoms with E-state index in [9.17, 15) is 4.79 Å². The molecule has 0 aliphatic carbocycles. The van der Waals surface area contributed by atoms with E-state index in [2.05, 4.69) is 37.3 Å². The largest absolute Gasteiger partial charge is 0.496 e. The number of esters is 1. The minimum absolute atomic E-state index is 0.206. The first-order chi connectivity index (χ1) is 14.2. The smallest absolute Gasteiger partial charge is 0.311 e. The fourth-order valence-electron chi connectivity index (χ4n) is 3.77. The first-order valence-corrected chi connectivity index (χ1v) is 10.0. The lowest BCUT2D eigenvalue weighted by Crippen LogP contribution is -2.08. The third-order valence-corrected chi connectivity index (χ3v) is 5.21. The van der Waals surface area contributed by atoms with Gasteiger partial charge in [-0.25, -0.2) is 0 Å². The Bertz CT molecular complexity index is 1180. The van der Waals surface area contributed by atoms with Gasteiger partial charge in [0.15, 0.2) is 0 Å². The summed E-state index contributed by atoms with van der Waals surface area (Å²) in [5.74, 6) is 1.12. The van der Waals surface area contributed by atoms with Crippen LogP contribution in [-0.2, 0) is 4.79 Å². The van der Waals surface area contributed by atoms with Gasteiger partial charge in [0.05, 0.1) is 7.11 Å². The molecule has 29 heavy (non-hydrogen) atoms. The Kier molecular flexibility index (Phi) is 5.48. The Morgan fingerprint density at radius 3 is 1.90 bits per heavy atom. The molecular weight excluding hydrogens is 360 g/mol. The molecule has 0 spiro atoms. The summed E-state index contributed by atoms with van der Waals surface area (Å²) in [6.07, 6.45) is 2.19. The van der Waals surface area contributed by atoms with Crippen LogP contribution in [0.2, 0.25) is 0 Å². The summed E-state index contributed by atoms with van der Waals surface area (Å²) >= 11 is 0. The first kappa shape index (κ1) is 19.0. The number of ether oxygens (including phenoxy) is 2. The van der Waals surface area contributed by atoms with Crippen molar-refractivity contribution < 1.29 is 14.3 Å². The normalized spacial score (nSPS) is 11.0. The molecule has 4 rings (SSSR count). The number of methoxy groups -OCH3 is 1. The number of fused-ring (bicyclic) bond motifs is 2. The van der Waals surface area contributed by atoms with Crippen molar-refractivity contribution >= 4 is 27.5 Å². The van der Waals surface area contributed by atoms with Crippen molar-refractivity contribution in [3.63, 3.8) is 0 Å². The second kappa shape index (κ2) is 8.36. The van der Waals surface area contributed by atoms with E-state index in [4.69, 9.17) is 9.47 Å². The van der Waals surface area contributed by atoms with E-state index < -0.39 is 0 Å². The van der Waals surface area contributed by atoms with E-state index in [1.807, 2.05) is 42.5 Å². The van der Waals surface area contributed by atoms with Crippen LogP contribution in [0.25, 0.3) is 32.7 Å². The van der Waals surface area contributed by atoms with Crippen LogP contribution in [0.15, 0.2) is 72.8 Å². The molecule has 0 aliphatic heterocycles. The SMILES string of the molecule is CCCCC(=O)Oc1ccc2ccccc2c1-c1c(OC)ccc2ccccc12. The van der Waals surface area contributed by atoms with Crippen molar-refractivity contribution in [1.82, 2.24) is 0 Å². The summed E-state index contributed by atoms with van der Waals surface area (Å²) in [5.41, 5.74) is 1.84. The Labute approximate surface area is 170 Å². The molecule has 0 radical (unpaired) electrons. The Morgan fingerprint density at radius 2 is 1.31 bits per heavy atom. The Balaban J connectivity index is 2.01. The van der Waals surface area contributed by atoms with Crippen molar-refractivity contribution in [2.24, 2.45) is 0 Å². The molecule has 0 N–H and O–H groups in total. The van der Waals surface area contributed by atoms with E-state index in [0.717, 1.165) is 51.3 Å². The van der Waals surface area contributed by atoms with Crippen LogP contribution in [-0.4, -0.2) is 13.1 Å². The molecule has 0 fully saturated rings. The maximum atomic E-state index is 12.5. The highest BCUT2D eigenvalue weighted by Gasteiger charge is 2.20. The van der Waals surface area contributed by atoms with Crippen LogP contribution < -0.4 is 9.47 Å². The van der Waals surface area contributed by atoms with Gasteiger partial charge in [0.2, 0.25) is 0 Å². The van der Waals surface area contributed by atoms with Crippen LogP contribution in [0.5, 0.6) is 11.5 Å². The van der Waals surface area contributed by atoms with Gasteiger partial charge in [0, 0.05) is 17.5 Å². The molecule has 0 bridgehead atoms. The molecule has 0 saturated heterocycles. The van der Waals surface area contributed by atoms with Crippen molar-refractivity contribution in [3.05, 3.63) is 72.8 Å². The highest BCUT2D eigenvalue weighted by molar-refractivity contribution is 6.10. The molecule has 146 valence electrons. The molecule has 4 aromatic carbocycles. The number of unbranched alkanes of at least 4 members (excludes halogenated alkanes) is 1. The number of benzene rings is 4. The summed E-state index contributed by atoms with van der Waals surface area (Å²) in [6.45, 7) is 2.07. The third kappa shape index (κ3) is 3.68. The summed E-state index contributed by atoms with van der Waals surface area (Å²) in [4.78, 5) is 12.5. The molecule has 0 aliphatic rings. The third-order valence-electron chi connectivity index (χ3n) is 5.21. The maximum Gasteiger partial charge on any atom is 0.311 e. The zero-order chi connectivity index (χ0) is 20.2. The van der Waals surface area contributed by atoms with E-state index >= 15 is 0 Å². The van der Waals surface area contributed by atoms with Crippen molar-refractivity contribution in [2.45, 2.75) is 26.2 Å². The average molecular weight is 384 g/mol. The zero-order valence-corrected chi connectivity index (χ0v) is 16.8. The number of hydrogen-bond donors (Lipinski definition) is 0. The van der Waals surface area contributed by atoms with Crippen LogP contribution in [0.3, 0.4) is 0 Å². The lowest BCUT2D eigenvalue weighted by molar-refractivity contribution is -0.134. The number of carbonyl (C=O) groups is 1. The maximum absolute atomic E-state index is 12.5. The topological polar surface area (TPSA) is 35.5 Å². The van der Waals surface area contributed by atoms with Crippen LogP contribution in [0, 0.1) is 0 Å². The molecular formula is C26H24O3. The minimum atomic E-state index is -0.206. The molecule has 0 amide bonds. The van der Waals surface area contributed by atoms with Crippen molar-refractivity contribution in [3.8, 4) is 22.6 Å². The second-order valence-electron chi connectivity index (χ2n) is 7.10. The molecule has 4 aromatic rings. The van der Waals surface area contributed by atoms with Gasteiger partial charge >= 0.3 is 5.97 Å². The van der Waals surface area contributed by atoms with Crippen LogP contribution >= 0.6 is 0 Å². The van der Waals surface area contributed by atoms with Crippen LogP contribution in [0.1, 0.15) is 26.2 Å². The first-order valence-electron chi connectivity index (χ1n) is 10.0. The van der Waals surface area contributed by atoms with E-state index in [1.165, 1.54) is 0 Å². The van der Waals surface area contributed by atoms with Gasteiger partial charge < -0.3 is 9.47 Å². The highest BCUT2D eigenvalue weighted by atomic mass is 16.5. The summed E-state index contributed by atoms with van der Waals surface area (Å²) in [5, 5.41) is 4.29. The van der Waals surface area contributed by atoms with Gasteiger partial charge in [-0.3, -0.25) is 4.79 Å². The molecule has 0 atom stereocenters. The number of hydrogen-bond acceptors (Lipinski definition) is 3. The highest BCUT2D eigenvalue weighted by Crippen LogP contribution is 2.45. The Hall–Kier alpha value is -3.33. The summed E-state index contributed by atoms with van der Waals surface area (Å²) in [7, 11) is 1.67. The van der Waals surface area contributed by atoms with Gasteiger partial charge in [-0.2, -0.15) is 0 Å². The fraction of sp³-hybridized carbons (Fsp3) is 0.192. The minimum Gasteiger partial charge on any atom is -0.496 e. The number of carbonyl (C=O) groups excluding carboxylic acids is 1. The van der Waals surface area contributed by atoms with Gasteiger partial charge in [-0.1, -0.05) is 74.0 Å². The second-order valence-corrected chi connectivity index (χ2v) is 7.10. The summed E-state index contributed by atoms with van der Waals surface area (Å²) in [6, 6.07) is 24.3. The summed E-state index contributed by atoms with van der Waals surface area (Å²) < 4.78 is 11.6. The zero-order valence-electron chi connectivity index (χ0n) is 16.8. The number of rotatable bonds is 6. The van der Waals surface area contributed by atoms with E-state index in [0.29, 0.717) is 12.2 Å². The van der Waals surface area contributed by atoms with Gasteiger partial charge in [0.1, 0.15) is 11.5 Å². The van der Waals surface area contributed by atoms with E-state index in [1.54, 1.807) is 7.11 Å². The predicted octanol–water partition coefficient (Wildman–Crippen LogP) is 6.76. The van der Waals surface area contributed by atoms with Crippen LogP contribution in [0.4, 0.5) is 0 Å². The van der Waals surface area contributed by atoms with Crippen molar-refractivity contribution in [1.29, 1.82) is 0 Å². The molecule has 0 heterocycles. The predicted molar refractivity (Wildman–Crippen MR) is 119 cm³/mol. The van der Waals surface area contributed by atoms with Gasteiger partial charge in [-0.15, -0.1) is 0 Å². The molecule has 0 saturated carbocycles.